The molecular formula is C11H14FN3O2. The summed E-state index contributed by atoms with van der Waals surface area (Å²) in [6.45, 7) is 0.820. The van der Waals surface area contributed by atoms with Crippen LogP contribution in [0.3, 0.4) is 0 Å². The quantitative estimate of drug-likeness (QED) is 0.617. The smallest absolute Gasteiger partial charge is 0.272 e. The largest absolute Gasteiger partial charge is 0.315 e. The molecule has 6 heteroatoms. The van der Waals surface area contributed by atoms with Crippen molar-refractivity contribution in [2.24, 2.45) is 0 Å². The van der Waals surface area contributed by atoms with Gasteiger partial charge in [0.15, 0.2) is 0 Å². The Morgan fingerprint density at radius 2 is 2.29 bits per heavy atom. The van der Waals surface area contributed by atoms with Crippen molar-refractivity contribution in [2.45, 2.75) is 18.5 Å². The molecule has 1 fully saturated rings. The molecule has 2 atom stereocenters. The molecule has 0 amide bonds. The van der Waals surface area contributed by atoms with E-state index >= 15 is 0 Å². The van der Waals surface area contributed by atoms with E-state index < -0.39 is 10.7 Å². The monoisotopic (exact) mass is 239 g/mol. The van der Waals surface area contributed by atoms with Crippen LogP contribution in [0.1, 0.15) is 18.0 Å². The van der Waals surface area contributed by atoms with Crippen LogP contribution in [0.2, 0.25) is 0 Å². The SMILES string of the molecule is CNC1CCNC1c1cc(F)cc([N+](=O)[O-])c1. The average molecular weight is 239 g/mol. The molecule has 1 aliphatic heterocycles. The van der Waals surface area contributed by atoms with E-state index in [2.05, 4.69) is 10.6 Å². The number of likely N-dealkylation sites (N-methyl/N-ethyl adjacent to an activating group) is 1. The lowest BCUT2D eigenvalue weighted by Crippen LogP contribution is -2.31. The average Bonchev–Trinajstić information content (AvgIpc) is 2.76. The number of halogens is 1. The first-order valence-electron chi connectivity index (χ1n) is 5.47. The Hall–Kier alpha value is -1.53. The van der Waals surface area contributed by atoms with E-state index in [1.54, 1.807) is 0 Å². The van der Waals surface area contributed by atoms with Gasteiger partial charge >= 0.3 is 0 Å². The number of hydrogen-bond donors (Lipinski definition) is 2. The molecule has 2 rings (SSSR count). The molecule has 2 unspecified atom stereocenters. The Kier molecular flexibility index (Phi) is 3.35. The summed E-state index contributed by atoms with van der Waals surface area (Å²) < 4.78 is 13.3. The number of nitrogens with zero attached hydrogens (tertiary/aromatic N) is 1. The van der Waals surface area contributed by atoms with Crippen molar-refractivity contribution in [1.82, 2.24) is 10.6 Å². The van der Waals surface area contributed by atoms with Crippen LogP contribution >= 0.6 is 0 Å². The van der Waals surface area contributed by atoms with Crippen LogP contribution in [0, 0.1) is 15.9 Å². The Labute approximate surface area is 98.2 Å². The molecular weight excluding hydrogens is 225 g/mol. The van der Waals surface area contributed by atoms with Gasteiger partial charge in [-0.15, -0.1) is 0 Å². The first-order chi connectivity index (χ1) is 8.11. The summed E-state index contributed by atoms with van der Waals surface area (Å²) in [7, 11) is 1.83. The first kappa shape index (κ1) is 11.9. The van der Waals surface area contributed by atoms with E-state index in [4.69, 9.17) is 0 Å². The van der Waals surface area contributed by atoms with Crippen LogP contribution in [0.25, 0.3) is 0 Å². The van der Waals surface area contributed by atoms with Crippen LogP contribution in [0.4, 0.5) is 10.1 Å². The van der Waals surface area contributed by atoms with E-state index in [1.807, 2.05) is 7.05 Å². The molecule has 1 aliphatic rings. The fraction of sp³-hybridized carbons (Fsp3) is 0.455. The van der Waals surface area contributed by atoms with E-state index in [0.29, 0.717) is 5.56 Å². The summed E-state index contributed by atoms with van der Waals surface area (Å²) in [5.41, 5.74) is 0.414. The first-order valence-corrected chi connectivity index (χ1v) is 5.47. The molecule has 1 aromatic rings. The third-order valence-corrected chi connectivity index (χ3v) is 3.07. The van der Waals surface area contributed by atoms with Crippen LogP contribution in [0.15, 0.2) is 18.2 Å². The summed E-state index contributed by atoms with van der Waals surface area (Å²) >= 11 is 0. The van der Waals surface area contributed by atoms with E-state index in [1.165, 1.54) is 12.1 Å². The Morgan fingerprint density at radius 1 is 1.53 bits per heavy atom. The zero-order chi connectivity index (χ0) is 12.4. The van der Waals surface area contributed by atoms with Crippen molar-refractivity contribution in [3.63, 3.8) is 0 Å². The van der Waals surface area contributed by atoms with Gasteiger partial charge < -0.3 is 10.6 Å². The minimum atomic E-state index is -0.573. The molecule has 0 saturated carbocycles. The van der Waals surface area contributed by atoms with Gasteiger partial charge in [-0.1, -0.05) is 0 Å². The Bertz CT molecular complexity index is 439. The fourth-order valence-corrected chi connectivity index (χ4v) is 2.25. The van der Waals surface area contributed by atoms with Crippen molar-refractivity contribution in [3.05, 3.63) is 39.7 Å². The fourth-order valence-electron chi connectivity index (χ4n) is 2.25. The van der Waals surface area contributed by atoms with Gasteiger partial charge in [0.1, 0.15) is 5.82 Å². The van der Waals surface area contributed by atoms with Crippen LogP contribution in [-0.2, 0) is 0 Å². The molecule has 0 aromatic heterocycles. The molecule has 1 saturated heterocycles. The lowest BCUT2D eigenvalue weighted by molar-refractivity contribution is -0.385. The van der Waals surface area contributed by atoms with Gasteiger partial charge in [-0.3, -0.25) is 10.1 Å². The molecule has 92 valence electrons. The van der Waals surface area contributed by atoms with Gasteiger partial charge in [0.05, 0.1) is 11.0 Å². The van der Waals surface area contributed by atoms with Crippen molar-refractivity contribution in [2.75, 3.05) is 13.6 Å². The standard InChI is InChI=1S/C11H14FN3O2/c1-13-10-2-3-14-11(10)7-4-8(12)6-9(5-7)15(16)17/h4-6,10-11,13-14H,2-3H2,1H3. The molecule has 0 spiro atoms. The van der Waals surface area contributed by atoms with Crippen molar-refractivity contribution in [1.29, 1.82) is 0 Å². The number of nitrogens with one attached hydrogen (secondary N) is 2. The molecule has 2 N–H and O–H groups in total. The predicted octanol–water partition coefficient (Wildman–Crippen LogP) is 1.36. The second kappa shape index (κ2) is 4.77. The molecule has 5 nitrogen and oxygen atoms in total. The van der Waals surface area contributed by atoms with Gasteiger partial charge in [-0.2, -0.15) is 0 Å². The second-order valence-corrected chi connectivity index (χ2v) is 4.12. The topological polar surface area (TPSA) is 67.2 Å². The van der Waals surface area contributed by atoms with Gasteiger partial charge in [-0.25, -0.2) is 4.39 Å². The normalized spacial score (nSPS) is 23.9. The van der Waals surface area contributed by atoms with Gasteiger partial charge in [0.2, 0.25) is 0 Å². The van der Waals surface area contributed by atoms with Crippen molar-refractivity contribution < 1.29 is 9.31 Å². The zero-order valence-electron chi connectivity index (χ0n) is 9.44. The summed E-state index contributed by atoms with van der Waals surface area (Å²) in [5.74, 6) is -0.572. The van der Waals surface area contributed by atoms with E-state index in [0.717, 1.165) is 19.0 Å². The van der Waals surface area contributed by atoms with E-state index in [-0.39, 0.29) is 17.8 Å². The minimum absolute atomic E-state index is 0.0746. The number of rotatable bonds is 3. The molecule has 1 aromatic carbocycles. The highest BCUT2D eigenvalue weighted by Gasteiger charge is 2.28. The lowest BCUT2D eigenvalue weighted by atomic mass is 10.0. The molecule has 0 aliphatic carbocycles. The Balaban J connectivity index is 2.34. The maximum Gasteiger partial charge on any atom is 0.272 e. The molecule has 0 bridgehead atoms. The number of nitro groups is 1. The summed E-state index contributed by atoms with van der Waals surface area (Å²) in [6.07, 6.45) is 0.922. The third-order valence-electron chi connectivity index (χ3n) is 3.07. The summed E-state index contributed by atoms with van der Waals surface area (Å²) in [5, 5.41) is 17.0. The maximum atomic E-state index is 13.3. The third kappa shape index (κ3) is 2.42. The van der Waals surface area contributed by atoms with E-state index in [9.17, 15) is 14.5 Å². The number of hydrogen-bond acceptors (Lipinski definition) is 4. The van der Waals surface area contributed by atoms with Crippen LogP contribution < -0.4 is 10.6 Å². The van der Waals surface area contributed by atoms with Crippen molar-refractivity contribution >= 4 is 5.69 Å². The molecule has 17 heavy (non-hydrogen) atoms. The number of benzene rings is 1. The minimum Gasteiger partial charge on any atom is -0.315 e. The van der Waals surface area contributed by atoms with Gasteiger partial charge in [-0.05, 0) is 31.6 Å². The van der Waals surface area contributed by atoms with Gasteiger partial charge in [0, 0.05) is 18.2 Å². The molecule has 0 radical (unpaired) electrons. The zero-order valence-corrected chi connectivity index (χ0v) is 9.44. The maximum absolute atomic E-state index is 13.3. The summed E-state index contributed by atoms with van der Waals surface area (Å²) in [4.78, 5) is 10.1. The number of non-ortho nitro benzene ring substituents is 1. The Morgan fingerprint density at radius 3 is 2.94 bits per heavy atom. The van der Waals surface area contributed by atoms with Gasteiger partial charge in [0.25, 0.3) is 5.69 Å². The highest BCUT2D eigenvalue weighted by Crippen LogP contribution is 2.27. The predicted molar refractivity (Wildman–Crippen MR) is 61.3 cm³/mol. The second-order valence-electron chi connectivity index (χ2n) is 4.12. The lowest BCUT2D eigenvalue weighted by Gasteiger charge is -2.19. The van der Waals surface area contributed by atoms with Crippen molar-refractivity contribution in [3.8, 4) is 0 Å². The van der Waals surface area contributed by atoms with Crippen LogP contribution in [-0.4, -0.2) is 24.6 Å². The highest BCUT2D eigenvalue weighted by molar-refractivity contribution is 5.37. The highest BCUT2D eigenvalue weighted by atomic mass is 19.1. The number of nitro benzene ring substituents is 1. The van der Waals surface area contributed by atoms with Crippen LogP contribution in [0.5, 0.6) is 0 Å². The summed E-state index contributed by atoms with van der Waals surface area (Å²) in [6, 6.07) is 3.81. The molecule has 1 heterocycles.